The molecule has 35 heavy (non-hydrogen) atoms. The summed E-state index contributed by atoms with van der Waals surface area (Å²) in [7, 11) is 0. The van der Waals surface area contributed by atoms with Crippen LogP contribution in [0.4, 0.5) is 0 Å². The molecule has 0 aliphatic carbocycles. The number of nitrogens with two attached hydrogens (primary N) is 1. The van der Waals surface area contributed by atoms with Crippen LogP contribution >= 0.6 is 0 Å². The van der Waals surface area contributed by atoms with Gasteiger partial charge in [-0.25, -0.2) is 0 Å². The van der Waals surface area contributed by atoms with Gasteiger partial charge in [0.05, 0.1) is 31.3 Å². The summed E-state index contributed by atoms with van der Waals surface area (Å²) in [5, 5.41) is 31.3. The van der Waals surface area contributed by atoms with E-state index in [0.29, 0.717) is 13.2 Å². The van der Waals surface area contributed by atoms with Crippen LogP contribution in [-0.4, -0.2) is 41.7 Å². The van der Waals surface area contributed by atoms with Crippen molar-refractivity contribution in [2.45, 2.75) is 117 Å². The summed E-state index contributed by atoms with van der Waals surface area (Å²) in [6.45, 7) is 17.3. The van der Waals surface area contributed by atoms with Gasteiger partial charge in [-0.2, -0.15) is 0 Å². The molecule has 0 aliphatic rings. The second kappa shape index (κ2) is 14.1. The predicted octanol–water partition coefficient (Wildman–Crippen LogP) is 5.76. The fourth-order valence-electron chi connectivity index (χ4n) is 4.71. The molecule has 0 radical (unpaired) electrons. The van der Waals surface area contributed by atoms with Crippen LogP contribution in [0.3, 0.4) is 0 Å². The second-order valence-corrected chi connectivity index (χ2v) is 12.8. The van der Waals surface area contributed by atoms with Crippen LogP contribution < -0.4 is 5.73 Å². The molecule has 1 rings (SSSR count). The number of benzene rings is 1. The molecular weight excluding hydrogens is 438 g/mol. The highest BCUT2D eigenvalue weighted by Crippen LogP contribution is 2.46. The van der Waals surface area contributed by atoms with Crippen molar-refractivity contribution >= 4 is 0 Å². The van der Waals surface area contributed by atoms with E-state index in [0.717, 1.165) is 41.0 Å². The minimum atomic E-state index is -1.19. The van der Waals surface area contributed by atoms with Gasteiger partial charge in [0, 0.05) is 13.2 Å². The molecule has 0 saturated heterocycles. The first-order valence-electron chi connectivity index (χ1n) is 13.6. The molecule has 0 aliphatic heterocycles. The molecule has 0 heterocycles. The zero-order valence-corrected chi connectivity index (χ0v) is 23.9. The van der Waals surface area contributed by atoms with Gasteiger partial charge in [-0.3, -0.25) is 0 Å². The van der Waals surface area contributed by atoms with Gasteiger partial charge in [0.25, 0.3) is 0 Å². The van der Waals surface area contributed by atoms with Gasteiger partial charge in [-0.1, -0.05) is 99.6 Å². The van der Waals surface area contributed by atoms with E-state index >= 15 is 0 Å². The summed E-state index contributed by atoms with van der Waals surface area (Å²) in [4.78, 5) is 0. The number of hydrogen-bond acceptors (Lipinski definition) is 5. The molecule has 5 heteroatoms. The molecule has 0 amide bonds. The minimum Gasteiger partial charge on any atom is -0.395 e. The Hall–Kier alpha value is -0.980. The van der Waals surface area contributed by atoms with Gasteiger partial charge in [-0.05, 0) is 45.4 Å². The van der Waals surface area contributed by atoms with Crippen molar-refractivity contribution in [1.29, 1.82) is 0 Å². The molecular formula is C30H55NO4. The Balaban J connectivity index is 3.41. The number of rotatable bonds is 15. The first kappa shape index (κ1) is 32.0. The Morgan fingerprint density at radius 2 is 1.23 bits per heavy atom. The van der Waals surface area contributed by atoms with E-state index in [4.69, 9.17) is 10.5 Å². The lowest BCUT2D eigenvalue weighted by Gasteiger charge is -2.42. The van der Waals surface area contributed by atoms with E-state index in [2.05, 4.69) is 67.5 Å². The van der Waals surface area contributed by atoms with Gasteiger partial charge in [-0.15, -0.1) is 0 Å². The van der Waals surface area contributed by atoms with Crippen molar-refractivity contribution in [1.82, 2.24) is 0 Å². The highest BCUT2D eigenvalue weighted by Gasteiger charge is 2.44. The summed E-state index contributed by atoms with van der Waals surface area (Å²) >= 11 is 0. The first-order chi connectivity index (χ1) is 16.3. The Morgan fingerprint density at radius 1 is 0.771 bits per heavy atom. The summed E-state index contributed by atoms with van der Waals surface area (Å²) in [6, 6.07) is 4.26. The molecule has 0 aromatic heterocycles. The smallest absolute Gasteiger partial charge is 0.0953 e. The Bertz CT molecular complexity index is 698. The Labute approximate surface area is 215 Å². The number of ether oxygens (including phenoxy) is 1. The summed E-state index contributed by atoms with van der Waals surface area (Å²) < 4.78 is 6.55. The first-order valence-corrected chi connectivity index (χ1v) is 13.6. The zero-order chi connectivity index (χ0) is 26.9. The van der Waals surface area contributed by atoms with Crippen molar-refractivity contribution in [3.8, 4) is 0 Å². The molecule has 0 fully saturated rings. The largest absolute Gasteiger partial charge is 0.395 e. The highest BCUT2D eigenvalue weighted by atomic mass is 16.5. The molecule has 5 N–H and O–H groups in total. The van der Waals surface area contributed by atoms with Crippen molar-refractivity contribution < 1.29 is 20.1 Å². The highest BCUT2D eigenvalue weighted by molar-refractivity contribution is 5.48. The fourth-order valence-corrected chi connectivity index (χ4v) is 4.71. The molecule has 0 bridgehead atoms. The summed E-state index contributed by atoms with van der Waals surface area (Å²) in [6.07, 6.45) is 6.30. The number of hydrogen-bond donors (Lipinski definition) is 4. The molecule has 1 aromatic carbocycles. The van der Waals surface area contributed by atoms with E-state index in [-0.39, 0.29) is 30.7 Å². The van der Waals surface area contributed by atoms with Gasteiger partial charge < -0.3 is 25.8 Å². The molecule has 1 aromatic rings. The summed E-state index contributed by atoms with van der Waals surface area (Å²) in [5.41, 5.74) is 8.64. The maximum atomic E-state index is 10.4. The maximum Gasteiger partial charge on any atom is 0.0953 e. The molecule has 0 saturated carbocycles. The van der Waals surface area contributed by atoms with Crippen LogP contribution in [0, 0.1) is 11.3 Å². The van der Waals surface area contributed by atoms with Crippen molar-refractivity contribution in [2.24, 2.45) is 17.1 Å². The third kappa shape index (κ3) is 9.12. The second-order valence-electron chi connectivity index (χ2n) is 12.8. The van der Waals surface area contributed by atoms with Gasteiger partial charge in [0.1, 0.15) is 0 Å². The lowest BCUT2D eigenvalue weighted by atomic mass is 9.69. The molecule has 1 atom stereocenters. The van der Waals surface area contributed by atoms with Crippen LogP contribution in [0.1, 0.15) is 122 Å². The molecule has 204 valence electrons. The third-order valence-corrected chi connectivity index (χ3v) is 7.06. The number of aliphatic hydroxyl groups excluding tert-OH is 3. The van der Waals surface area contributed by atoms with E-state index in [1.165, 1.54) is 25.7 Å². The lowest BCUT2D eigenvalue weighted by molar-refractivity contribution is -0.118. The maximum absolute atomic E-state index is 10.4. The topological polar surface area (TPSA) is 95.9 Å². The average Bonchev–Trinajstić information content (AvgIpc) is 2.78. The van der Waals surface area contributed by atoms with Crippen molar-refractivity contribution in [3.63, 3.8) is 0 Å². The zero-order valence-electron chi connectivity index (χ0n) is 23.9. The van der Waals surface area contributed by atoms with Crippen molar-refractivity contribution in [2.75, 3.05) is 26.4 Å². The predicted molar refractivity (Wildman–Crippen MR) is 147 cm³/mol. The third-order valence-electron chi connectivity index (χ3n) is 7.06. The quantitative estimate of drug-likeness (QED) is 0.233. The SMILES string of the molecule is CC(C)CCCCCCCOC(c1c(C(C)(C)C)cc(CN)cc1C(C)(C)C)C(CO)(CO)CO. The Morgan fingerprint density at radius 3 is 1.63 bits per heavy atom. The minimum absolute atomic E-state index is 0.218. The van der Waals surface area contributed by atoms with Crippen LogP contribution in [0.2, 0.25) is 0 Å². The Kier molecular flexibility index (Phi) is 12.9. The van der Waals surface area contributed by atoms with E-state index in [1.807, 2.05) is 0 Å². The summed E-state index contributed by atoms with van der Waals surface area (Å²) in [5.74, 6) is 0.752. The van der Waals surface area contributed by atoms with Crippen LogP contribution in [0.25, 0.3) is 0 Å². The van der Waals surface area contributed by atoms with Gasteiger partial charge in [0.15, 0.2) is 0 Å². The molecule has 1 unspecified atom stereocenters. The normalized spacial score (nSPS) is 14.1. The van der Waals surface area contributed by atoms with Crippen LogP contribution in [-0.2, 0) is 22.1 Å². The van der Waals surface area contributed by atoms with Crippen LogP contribution in [0.15, 0.2) is 12.1 Å². The van der Waals surface area contributed by atoms with Gasteiger partial charge >= 0.3 is 0 Å². The molecule has 5 nitrogen and oxygen atoms in total. The molecule has 0 spiro atoms. The van der Waals surface area contributed by atoms with Crippen LogP contribution in [0.5, 0.6) is 0 Å². The fraction of sp³-hybridized carbons (Fsp3) is 0.800. The van der Waals surface area contributed by atoms with E-state index in [1.54, 1.807) is 0 Å². The lowest BCUT2D eigenvalue weighted by Crippen LogP contribution is -2.43. The van der Waals surface area contributed by atoms with E-state index < -0.39 is 11.5 Å². The number of unbranched alkanes of at least 4 members (excludes halogenated alkanes) is 4. The average molecular weight is 494 g/mol. The monoisotopic (exact) mass is 493 g/mol. The van der Waals surface area contributed by atoms with Crippen molar-refractivity contribution in [3.05, 3.63) is 34.4 Å². The number of aliphatic hydroxyl groups is 3. The standard InChI is InChI=1S/C30H55NO4/c1-22(2)14-12-10-9-11-13-15-35-27(30(19-32,20-33)21-34)26-24(28(3,4)5)16-23(18-31)17-25(26)29(6,7)8/h16-17,22,27,32-34H,9-15,18-21,31H2,1-8H3. The van der Waals surface area contributed by atoms with Gasteiger partial charge in [0.2, 0.25) is 0 Å². The van der Waals surface area contributed by atoms with E-state index in [9.17, 15) is 15.3 Å².